The van der Waals surface area contributed by atoms with E-state index in [1.807, 2.05) is 68.4 Å². The quantitative estimate of drug-likeness (QED) is 0.229. The minimum Gasteiger partial charge on any atom is -0.491 e. The van der Waals surface area contributed by atoms with Crippen molar-refractivity contribution in [2.24, 2.45) is 11.7 Å². The molecule has 1 atom stereocenters. The van der Waals surface area contributed by atoms with Crippen LogP contribution in [0.1, 0.15) is 49.2 Å². The first-order valence-corrected chi connectivity index (χ1v) is 14.3. The Hall–Kier alpha value is -3.88. The van der Waals surface area contributed by atoms with Crippen LogP contribution in [0.25, 0.3) is 0 Å². The lowest BCUT2D eigenvalue weighted by Gasteiger charge is -2.18. The van der Waals surface area contributed by atoms with Gasteiger partial charge in [-0.05, 0) is 66.9 Å². The number of nitrogens with zero attached hydrogens (tertiary/aromatic N) is 1. The van der Waals surface area contributed by atoms with Crippen LogP contribution in [-0.2, 0) is 22.6 Å². The van der Waals surface area contributed by atoms with Gasteiger partial charge >= 0.3 is 5.97 Å². The standard InChI is InChI=1S/C33H43N3O5/c1-5-36(6-2)18-19-39-33(38)27-14-17-30(31(21-27)41-22-24(3)4)35-32(37)29(34)20-25-12-15-28(16-13-25)40-23-26-10-8-7-9-11-26/h7-17,21,24,29H,5-6,18-20,22-23,34H2,1-4H3,(H,35,37). The van der Waals surface area contributed by atoms with Crippen molar-refractivity contribution in [3.8, 4) is 11.5 Å². The predicted octanol–water partition coefficient (Wildman–Crippen LogP) is 5.31. The molecule has 8 nitrogen and oxygen atoms in total. The Morgan fingerprint density at radius 3 is 2.27 bits per heavy atom. The van der Waals surface area contributed by atoms with Gasteiger partial charge in [0.15, 0.2) is 0 Å². The zero-order valence-electron chi connectivity index (χ0n) is 24.6. The van der Waals surface area contributed by atoms with E-state index in [-0.39, 0.29) is 11.8 Å². The molecule has 0 saturated carbocycles. The first-order chi connectivity index (χ1) is 19.8. The van der Waals surface area contributed by atoms with Crippen molar-refractivity contribution in [3.63, 3.8) is 0 Å². The lowest BCUT2D eigenvalue weighted by Crippen LogP contribution is -2.37. The molecule has 0 spiro atoms. The fourth-order valence-electron chi connectivity index (χ4n) is 4.05. The van der Waals surface area contributed by atoms with Crippen LogP contribution in [0, 0.1) is 5.92 Å². The SMILES string of the molecule is CCN(CC)CCOC(=O)c1ccc(NC(=O)C(N)Cc2ccc(OCc3ccccc3)cc2)c(OCC(C)C)c1. The molecule has 0 saturated heterocycles. The van der Waals surface area contributed by atoms with Gasteiger partial charge in [-0.1, -0.05) is 70.2 Å². The molecule has 8 heteroatoms. The Labute approximate surface area is 243 Å². The van der Waals surface area contributed by atoms with E-state index < -0.39 is 12.0 Å². The molecule has 0 radical (unpaired) electrons. The Kier molecular flexibility index (Phi) is 12.7. The predicted molar refractivity (Wildman–Crippen MR) is 162 cm³/mol. The fourth-order valence-corrected chi connectivity index (χ4v) is 4.05. The van der Waals surface area contributed by atoms with Gasteiger partial charge < -0.3 is 30.2 Å². The van der Waals surface area contributed by atoms with Gasteiger partial charge in [0, 0.05) is 6.54 Å². The van der Waals surface area contributed by atoms with E-state index in [4.69, 9.17) is 19.9 Å². The number of benzene rings is 3. The Morgan fingerprint density at radius 2 is 1.61 bits per heavy atom. The summed E-state index contributed by atoms with van der Waals surface area (Å²) in [6.45, 7) is 11.9. The van der Waals surface area contributed by atoms with Crippen molar-refractivity contribution in [2.75, 3.05) is 38.2 Å². The van der Waals surface area contributed by atoms with Gasteiger partial charge in [0.2, 0.25) is 5.91 Å². The van der Waals surface area contributed by atoms with Crippen molar-refractivity contribution in [2.45, 2.75) is 46.8 Å². The summed E-state index contributed by atoms with van der Waals surface area (Å²) in [6, 6.07) is 21.6. The van der Waals surface area contributed by atoms with Crippen molar-refractivity contribution in [1.82, 2.24) is 4.90 Å². The average molecular weight is 562 g/mol. The summed E-state index contributed by atoms with van der Waals surface area (Å²) >= 11 is 0. The summed E-state index contributed by atoms with van der Waals surface area (Å²) in [6.07, 6.45) is 0.351. The molecule has 0 fully saturated rings. The van der Waals surface area contributed by atoms with Crippen molar-refractivity contribution < 1.29 is 23.8 Å². The largest absolute Gasteiger partial charge is 0.491 e. The van der Waals surface area contributed by atoms with Crippen LogP contribution in [0.15, 0.2) is 72.8 Å². The summed E-state index contributed by atoms with van der Waals surface area (Å²) in [5.41, 5.74) is 9.08. The van der Waals surface area contributed by atoms with Gasteiger partial charge in [-0.3, -0.25) is 4.79 Å². The number of rotatable bonds is 16. The highest BCUT2D eigenvalue weighted by atomic mass is 16.5. The summed E-state index contributed by atoms with van der Waals surface area (Å²) < 4.78 is 17.3. The zero-order valence-corrected chi connectivity index (χ0v) is 24.6. The highest BCUT2D eigenvalue weighted by molar-refractivity contribution is 5.97. The molecule has 41 heavy (non-hydrogen) atoms. The smallest absolute Gasteiger partial charge is 0.338 e. The second-order valence-corrected chi connectivity index (χ2v) is 10.3. The van der Waals surface area contributed by atoms with E-state index in [1.54, 1.807) is 18.2 Å². The highest BCUT2D eigenvalue weighted by Crippen LogP contribution is 2.27. The van der Waals surface area contributed by atoms with Crippen LogP contribution < -0.4 is 20.5 Å². The second-order valence-electron chi connectivity index (χ2n) is 10.3. The van der Waals surface area contributed by atoms with Crippen LogP contribution in [0.2, 0.25) is 0 Å². The minimum atomic E-state index is -0.784. The van der Waals surface area contributed by atoms with Gasteiger partial charge in [-0.15, -0.1) is 0 Å². The molecule has 1 unspecified atom stereocenters. The maximum absolute atomic E-state index is 13.0. The number of likely N-dealkylation sites (N-methyl/N-ethyl adjacent to an activating group) is 1. The van der Waals surface area contributed by atoms with Crippen LogP contribution >= 0.6 is 0 Å². The molecule has 0 aliphatic carbocycles. The molecule has 3 aromatic carbocycles. The van der Waals surface area contributed by atoms with E-state index in [2.05, 4.69) is 24.1 Å². The topological polar surface area (TPSA) is 103 Å². The maximum Gasteiger partial charge on any atom is 0.338 e. The van der Waals surface area contributed by atoms with E-state index in [9.17, 15) is 9.59 Å². The van der Waals surface area contributed by atoms with Crippen molar-refractivity contribution in [3.05, 3.63) is 89.5 Å². The molecular formula is C33H43N3O5. The van der Waals surface area contributed by atoms with E-state index in [0.29, 0.717) is 49.8 Å². The Balaban J connectivity index is 1.59. The van der Waals surface area contributed by atoms with Crippen molar-refractivity contribution in [1.29, 1.82) is 0 Å². The molecule has 3 rings (SSSR count). The number of carbonyl (C=O) groups excluding carboxylic acids is 2. The molecule has 0 heterocycles. The number of nitrogens with two attached hydrogens (primary N) is 1. The molecule has 0 aromatic heterocycles. The van der Waals surface area contributed by atoms with Gasteiger partial charge in [0.25, 0.3) is 0 Å². The lowest BCUT2D eigenvalue weighted by atomic mass is 10.1. The van der Waals surface area contributed by atoms with Crippen LogP contribution in [0.5, 0.6) is 11.5 Å². The number of esters is 1. The summed E-state index contributed by atoms with van der Waals surface area (Å²) in [4.78, 5) is 27.8. The van der Waals surface area contributed by atoms with E-state index >= 15 is 0 Å². The van der Waals surface area contributed by atoms with Crippen LogP contribution in [0.4, 0.5) is 5.69 Å². The third-order valence-electron chi connectivity index (χ3n) is 6.55. The first kappa shape index (κ1) is 31.6. The van der Waals surface area contributed by atoms with Gasteiger partial charge in [0.05, 0.1) is 23.9 Å². The number of amides is 1. The van der Waals surface area contributed by atoms with Crippen LogP contribution in [-0.4, -0.2) is 55.7 Å². The van der Waals surface area contributed by atoms with Gasteiger partial charge in [-0.2, -0.15) is 0 Å². The molecular weight excluding hydrogens is 518 g/mol. The monoisotopic (exact) mass is 561 g/mol. The molecule has 3 aromatic rings. The Morgan fingerprint density at radius 1 is 0.902 bits per heavy atom. The molecule has 1 amide bonds. The van der Waals surface area contributed by atoms with Gasteiger partial charge in [0.1, 0.15) is 24.7 Å². The molecule has 0 aliphatic heterocycles. The summed E-state index contributed by atoms with van der Waals surface area (Å²) in [5.74, 6) is 0.618. The van der Waals surface area contributed by atoms with E-state index in [1.165, 1.54) is 0 Å². The molecule has 220 valence electrons. The molecule has 0 bridgehead atoms. The summed E-state index contributed by atoms with van der Waals surface area (Å²) in [7, 11) is 0. The number of ether oxygens (including phenoxy) is 3. The highest BCUT2D eigenvalue weighted by Gasteiger charge is 2.19. The molecule has 0 aliphatic rings. The summed E-state index contributed by atoms with van der Waals surface area (Å²) in [5, 5.41) is 2.87. The molecule has 3 N–H and O–H groups in total. The number of anilines is 1. The third-order valence-corrected chi connectivity index (χ3v) is 6.55. The fraction of sp³-hybridized carbons (Fsp3) is 0.394. The number of hydrogen-bond acceptors (Lipinski definition) is 7. The number of hydrogen-bond donors (Lipinski definition) is 2. The Bertz CT molecular complexity index is 1230. The number of nitrogens with one attached hydrogen (secondary N) is 1. The number of carbonyl (C=O) groups is 2. The second kappa shape index (κ2) is 16.4. The first-order valence-electron chi connectivity index (χ1n) is 14.3. The third kappa shape index (κ3) is 10.6. The normalized spacial score (nSPS) is 11.8. The average Bonchev–Trinajstić information content (AvgIpc) is 2.98. The van der Waals surface area contributed by atoms with Crippen molar-refractivity contribution >= 4 is 17.6 Å². The van der Waals surface area contributed by atoms with E-state index in [0.717, 1.165) is 30.0 Å². The lowest BCUT2D eigenvalue weighted by molar-refractivity contribution is -0.117. The maximum atomic E-state index is 13.0. The van der Waals surface area contributed by atoms with Crippen LogP contribution in [0.3, 0.4) is 0 Å². The minimum absolute atomic E-state index is 0.255. The zero-order chi connectivity index (χ0) is 29.6. The van der Waals surface area contributed by atoms with Gasteiger partial charge in [-0.25, -0.2) is 4.79 Å².